The summed E-state index contributed by atoms with van der Waals surface area (Å²) in [5.74, 6) is 0.913. The van der Waals surface area contributed by atoms with Crippen LogP contribution in [0, 0.1) is 6.92 Å². The van der Waals surface area contributed by atoms with Crippen LogP contribution in [0.4, 0.5) is 13.2 Å². The second-order valence-corrected chi connectivity index (χ2v) is 9.86. The fourth-order valence-corrected chi connectivity index (χ4v) is 4.86. The minimum atomic E-state index is -4.50. The van der Waals surface area contributed by atoms with Crippen LogP contribution < -0.4 is 0 Å². The Hall–Kier alpha value is -3.80. The summed E-state index contributed by atoms with van der Waals surface area (Å²) < 4.78 is 43.4. The van der Waals surface area contributed by atoms with Crippen molar-refractivity contribution < 1.29 is 22.5 Å². The zero-order valence-electron chi connectivity index (χ0n) is 21.3. The standard InChI is InChI=1S/C26H28F3N7O2/c1-15-13-36(24(37)11-26(27,28)29)16(2)12-35(15)14-18-6-7-30-20(8-18)10-23-32-21-5-4-19(9-22(21)33-23)25-31-17(3)34-38-25/h4-9,15-16H,10-14H2,1-3H3,(H,32,33)/t15-,16+/m0/s1. The van der Waals surface area contributed by atoms with E-state index in [4.69, 9.17) is 4.52 Å². The molecule has 200 valence electrons. The van der Waals surface area contributed by atoms with Gasteiger partial charge >= 0.3 is 6.18 Å². The Balaban J connectivity index is 1.25. The van der Waals surface area contributed by atoms with E-state index in [9.17, 15) is 18.0 Å². The molecular formula is C26H28F3N7O2. The molecule has 3 aromatic heterocycles. The number of benzene rings is 1. The van der Waals surface area contributed by atoms with Crippen LogP contribution in [0.2, 0.25) is 0 Å². The van der Waals surface area contributed by atoms with Crippen molar-refractivity contribution in [2.45, 2.75) is 58.4 Å². The first-order valence-corrected chi connectivity index (χ1v) is 12.4. The van der Waals surface area contributed by atoms with Crippen molar-refractivity contribution in [3.63, 3.8) is 0 Å². The number of aromatic nitrogens is 5. The van der Waals surface area contributed by atoms with Gasteiger partial charge in [0.15, 0.2) is 5.82 Å². The molecule has 0 bridgehead atoms. The van der Waals surface area contributed by atoms with Crippen LogP contribution in [0.1, 0.15) is 43.2 Å². The highest BCUT2D eigenvalue weighted by molar-refractivity contribution is 5.80. The van der Waals surface area contributed by atoms with Gasteiger partial charge in [-0.15, -0.1) is 0 Å². The summed E-state index contributed by atoms with van der Waals surface area (Å²) in [5, 5.41) is 3.84. The van der Waals surface area contributed by atoms with Crippen LogP contribution in [0.5, 0.6) is 0 Å². The molecule has 38 heavy (non-hydrogen) atoms. The zero-order chi connectivity index (χ0) is 27.0. The zero-order valence-corrected chi connectivity index (χ0v) is 21.3. The molecule has 5 rings (SSSR count). The van der Waals surface area contributed by atoms with E-state index in [1.165, 1.54) is 4.90 Å². The summed E-state index contributed by atoms with van der Waals surface area (Å²) in [7, 11) is 0. The summed E-state index contributed by atoms with van der Waals surface area (Å²) >= 11 is 0. The lowest BCUT2D eigenvalue weighted by molar-refractivity contribution is -0.165. The molecule has 2 atom stereocenters. The van der Waals surface area contributed by atoms with Gasteiger partial charge in [-0.1, -0.05) is 5.16 Å². The number of fused-ring (bicyclic) bond motifs is 1. The van der Waals surface area contributed by atoms with E-state index in [0.717, 1.165) is 33.7 Å². The number of piperazine rings is 1. The van der Waals surface area contributed by atoms with Gasteiger partial charge in [0.05, 0.1) is 11.0 Å². The molecule has 1 fully saturated rings. The molecule has 12 heteroatoms. The average molecular weight is 528 g/mol. The minimum absolute atomic E-state index is 0.0767. The molecule has 1 amide bonds. The SMILES string of the molecule is Cc1noc(-c2ccc3nc(Cc4cc(CN5C[C@@H](C)N(C(=O)CC(F)(F)F)C[C@@H]5C)ccn4)[nH]c3c2)n1. The number of halogens is 3. The highest BCUT2D eigenvalue weighted by Gasteiger charge is 2.38. The second kappa shape index (κ2) is 10.2. The number of nitrogens with one attached hydrogen (secondary N) is 1. The van der Waals surface area contributed by atoms with Crippen LogP contribution in [0.3, 0.4) is 0 Å². The lowest BCUT2D eigenvalue weighted by atomic mass is 10.1. The molecule has 0 radical (unpaired) electrons. The summed E-state index contributed by atoms with van der Waals surface area (Å²) in [6.45, 7) is 6.85. The second-order valence-electron chi connectivity index (χ2n) is 9.86. The van der Waals surface area contributed by atoms with Crippen molar-refractivity contribution in [3.05, 3.63) is 59.4 Å². The first-order valence-electron chi connectivity index (χ1n) is 12.4. The number of carbonyl (C=O) groups is 1. The Kier molecular flexibility index (Phi) is 6.91. The fourth-order valence-electron chi connectivity index (χ4n) is 4.86. The molecule has 0 spiro atoms. The summed E-state index contributed by atoms with van der Waals surface area (Å²) in [6.07, 6.45) is -3.67. The van der Waals surface area contributed by atoms with Gasteiger partial charge in [-0.25, -0.2) is 4.98 Å². The largest absolute Gasteiger partial charge is 0.397 e. The number of amides is 1. The minimum Gasteiger partial charge on any atom is -0.342 e. The Morgan fingerprint density at radius 1 is 1.13 bits per heavy atom. The van der Waals surface area contributed by atoms with Crippen LogP contribution in [-0.4, -0.2) is 72.1 Å². The first kappa shape index (κ1) is 25.8. The molecule has 0 aliphatic carbocycles. The molecule has 4 heterocycles. The van der Waals surface area contributed by atoms with Gasteiger partial charge in [0.2, 0.25) is 5.91 Å². The Morgan fingerprint density at radius 3 is 2.68 bits per heavy atom. The number of imidazole rings is 1. The predicted molar refractivity (Wildman–Crippen MR) is 133 cm³/mol. The van der Waals surface area contributed by atoms with E-state index in [1.807, 2.05) is 37.3 Å². The van der Waals surface area contributed by atoms with Crippen molar-refractivity contribution in [2.75, 3.05) is 13.1 Å². The topological polar surface area (TPSA) is 104 Å². The molecule has 9 nitrogen and oxygen atoms in total. The van der Waals surface area contributed by atoms with Crippen LogP contribution >= 0.6 is 0 Å². The molecule has 1 N–H and O–H groups in total. The van der Waals surface area contributed by atoms with E-state index in [0.29, 0.717) is 31.2 Å². The van der Waals surface area contributed by atoms with E-state index in [1.54, 1.807) is 20.0 Å². The summed E-state index contributed by atoms with van der Waals surface area (Å²) in [4.78, 5) is 32.5. The van der Waals surface area contributed by atoms with Gasteiger partial charge in [0, 0.05) is 55.6 Å². The van der Waals surface area contributed by atoms with Crippen LogP contribution in [0.15, 0.2) is 41.1 Å². The van der Waals surface area contributed by atoms with E-state index >= 15 is 0 Å². The third-order valence-electron chi connectivity index (χ3n) is 6.71. The van der Waals surface area contributed by atoms with Crippen molar-refractivity contribution in [1.29, 1.82) is 0 Å². The number of nitrogens with zero attached hydrogens (tertiary/aromatic N) is 6. The lowest BCUT2D eigenvalue weighted by Gasteiger charge is -2.44. The smallest absolute Gasteiger partial charge is 0.342 e. The highest BCUT2D eigenvalue weighted by atomic mass is 19.4. The maximum absolute atomic E-state index is 12.7. The normalized spacial score (nSPS) is 18.8. The quantitative estimate of drug-likeness (QED) is 0.399. The van der Waals surface area contributed by atoms with Gasteiger partial charge in [-0.3, -0.25) is 14.7 Å². The van der Waals surface area contributed by atoms with Crippen molar-refractivity contribution in [1.82, 2.24) is 34.9 Å². The maximum Gasteiger partial charge on any atom is 0.397 e. The predicted octanol–water partition coefficient (Wildman–Crippen LogP) is 4.28. The number of hydrogen-bond donors (Lipinski definition) is 1. The number of aromatic amines is 1. The van der Waals surface area contributed by atoms with E-state index in [2.05, 4.69) is 30.0 Å². The number of rotatable bonds is 6. The van der Waals surface area contributed by atoms with Gasteiger partial charge < -0.3 is 14.4 Å². The molecule has 1 saturated heterocycles. The number of hydrogen-bond acceptors (Lipinski definition) is 7. The number of pyridine rings is 1. The van der Waals surface area contributed by atoms with Crippen molar-refractivity contribution >= 4 is 16.9 Å². The number of alkyl halides is 3. The number of carbonyl (C=O) groups excluding carboxylic acids is 1. The van der Waals surface area contributed by atoms with Crippen LogP contribution in [0.25, 0.3) is 22.5 Å². The first-order chi connectivity index (χ1) is 18.0. The van der Waals surface area contributed by atoms with Gasteiger partial charge in [0.25, 0.3) is 5.89 Å². The van der Waals surface area contributed by atoms with E-state index in [-0.39, 0.29) is 18.6 Å². The van der Waals surface area contributed by atoms with Crippen molar-refractivity contribution in [2.24, 2.45) is 0 Å². The Morgan fingerprint density at radius 2 is 1.95 bits per heavy atom. The molecule has 0 saturated carbocycles. The van der Waals surface area contributed by atoms with Gasteiger partial charge in [-0.2, -0.15) is 18.2 Å². The number of aryl methyl sites for hydroxylation is 1. The third-order valence-corrected chi connectivity index (χ3v) is 6.71. The molecule has 4 aromatic rings. The molecule has 1 aliphatic heterocycles. The molecular weight excluding hydrogens is 499 g/mol. The molecule has 1 aliphatic rings. The van der Waals surface area contributed by atoms with Crippen LogP contribution in [-0.2, 0) is 17.8 Å². The molecule has 1 aromatic carbocycles. The number of H-pyrrole nitrogens is 1. The highest BCUT2D eigenvalue weighted by Crippen LogP contribution is 2.25. The van der Waals surface area contributed by atoms with E-state index < -0.39 is 18.5 Å². The molecule has 0 unspecified atom stereocenters. The monoisotopic (exact) mass is 527 g/mol. The van der Waals surface area contributed by atoms with Crippen molar-refractivity contribution in [3.8, 4) is 11.5 Å². The third kappa shape index (κ3) is 5.85. The van der Waals surface area contributed by atoms with Gasteiger partial charge in [-0.05, 0) is 56.7 Å². The maximum atomic E-state index is 12.7. The average Bonchev–Trinajstić information content (AvgIpc) is 3.45. The Labute approximate surface area is 217 Å². The lowest BCUT2D eigenvalue weighted by Crippen LogP contribution is -2.58. The van der Waals surface area contributed by atoms with Gasteiger partial charge in [0.1, 0.15) is 12.2 Å². The summed E-state index contributed by atoms with van der Waals surface area (Å²) in [5.41, 5.74) is 4.35. The summed E-state index contributed by atoms with van der Waals surface area (Å²) in [6, 6.07) is 9.26. The Bertz CT molecular complexity index is 1450. The fraction of sp³-hybridized carbons (Fsp3) is 0.423.